The summed E-state index contributed by atoms with van der Waals surface area (Å²) in [4.78, 5) is 19.0. The molecule has 2 aromatic rings. The highest BCUT2D eigenvalue weighted by atomic mass is 16.6. The van der Waals surface area contributed by atoms with Crippen LogP contribution in [-0.2, 0) is 11.8 Å². The molecule has 3 aliphatic rings. The van der Waals surface area contributed by atoms with Gasteiger partial charge in [-0.3, -0.25) is 0 Å². The summed E-state index contributed by atoms with van der Waals surface area (Å²) in [5.41, 5.74) is 4.54. The monoisotopic (exact) mass is 327 g/mol. The summed E-state index contributed by atoms with van der Waals surface area (Å²) in [6.07, 6.45) is 3.96. The fourth-order valence-electron chi connectivity index (χ4n) is 4.09. The van der Waals surface area contributed by atoms with Crippen LogP contribution in [0.25, 0.3) is 11.0 Å². The fraction of sp³-hybridized carbons (Fsp3) is 0.579. The van der Waals surface area contributed by atoms with Crippen LogP contribution in [0.3, 0.4) is 0 Å². The predicted molar refractivity (Wildman–Crippen MR) is 93.2 cm³/mol. The molecule has 5 rings (SSSR count). The quantitative estimate of drug-likeness (QED) is 0.740. The third-order valence-corrected chi connectivity index (χ3v) is 5.21. The van der Waals surface area contributed by atoms with Gasteiger partial charge in [0.15, 0.2) is 0 Å². The number of ether oxygens (including phenoxy) is 1. The van der Waals surface area contributed by atoms with Gasteiger partial charge in [0.05, 0.1) is 17.4 Å². The van der Waals surface area contributed by atoms with Crippen molar-refractivity contribution in [3.8, 4) is 0 Å². The van der Waals surface area contributed by atoms with Crippen LogP contribution in [0.5, 0.6) is 0 Å². The molecule has 128 valence electrons. The highest BCUT2D eigenvalue weighted by Crippen LogP contribution is 2.44. The van der Waals surface area contributed by atoms with Crippen LogP contribution in [0.4, 0.5) is 4.79 Å². The van der Waals surface area contributed by atoms with Gasteiger partial charge in [-0.25, -0.2) is 9.78 Å². The van der Waals surface area contributed by atoms with E-state index in [-0.39, 0.29) is 6.09 Å². The van der Waals surface area contributed by atoms with E-state index in [0.717, 1.165) is 31.4 Å². The van der Waals surface area contributed by atoms with Crippen LogP contribution < -0.4 is 0 Å². The van der Waals surface area contributed by atoms with Gasteiger partial charge in [-0.15, -0.1) is 0 Å². The van der Waals surface area contributed by atoms with Gasteiger partial charge in [0.1, 0.15) is 5.60 Å². The zero-order valence-corrected chi connectivity index (χ0v) is 14.9. The lowest BCUT2D eigenvalue weighted by molar-refractivity contribution is 0.0246. The number of amides is 1. The number of carbonyl (C=O) groups is 1. The molecule has 1 aliphatic carbocycles. The molecule has 1 aromatic heterocycles. The molecule has 2 atom stereocenters. The second-order valence-electron chi connectivity index (χ2n) is 8.18. The maximum atomic E-state index is 12.6. The lowest BCUT2D eigenvalue weighted by Gasteiger charge is -2.27. The zero-order valence-electron chi connectivity index (χ0n) is 14.9. The molecule has 5 heteroatoms. The second kappa shape index (κ2) is 5.23. The molecule has 24 heavy (non-hydrogen) atoms. The first kappa shape index (κ1) is 15.5. The molecule has 0 radical (unpaired) electrons. The Labute approximate surface area is 142 Å². The zero-order chi connectivity index (χ0) is 17.1. The number of aryl methyl sites for hydroxylation is 1. The summed E-state index contributed by atoms with van der Waals surface area (Å²) in [5, 5.41) is 0. The van der Waals surface area contributed by atoms with Crippen LogP contribution in [0, 0.1) is 0 Å². The summed E-state index contributed by atoms with van der Waals surface area (Å²) in [7, 11) is 2.03. The molecule has 1 fully saturated rings. The van der Waals surface area contributed by atoms with Crippen LogP contribution in [-0.4, -0.2) is 39.2 Å². The number of aromatic nitrogens is 2. The molecule has 1 saturated heterocycles. The van der Waals surface area contributed by atoms with E-state index in [1.165, 1.54) is 16.6 Å². The van der Waals surface area contributed by atoms with Crippen molar-refractivity contribution in [2.24, 2.45) is 7.05 Å². The lowest BCUT2D eigenvalue weighted by atomic mass is 9.78. The highest BCUT2D eigenvalue weighted by molar-refractivity contribution is 5.78. The number of hydrogen-bond donors (Lipinski definition) is 0. The minimum absolute atomic E-state index is 0.185. The Morgan fingerprint density at radius 3 is 2.42 bits per heavy atom. The van der Waals surface area contributed by atoms with Gasteiger partial charge in [0.25, 0.3) is 0 Å². The number of imidazole rings is 1. The smallest absolute Gasteiger partial charge is 0.410 e. The average molecular weight is 327 g/mol. The molecule has 1 aromatic carbocycles. The van der Waals surface area contributed by atoms with Gasteiger partial charge in [-0.1, -0.05) is 0 Å². The van der Waals surface area contributed by atoms with Crippen LogP contribution in [0.1, 0.15) is 56.6 Å². The predicted octanol–water partition coefficient (Wildman–Crippen LogP) is 3.79. The topological polar surface area (TPSA) is 47.4 Å². The number of fused-ring (bicyclic) bond motifs is 4. The first-order valence-electron chi connectivity index (χ1n) is 8.74. The molecule has 5 nitrogen and oxygen atoms in total. The van der Waals surface area contributed by atoms with Crippen molar-refractivity contribution in [2.45, 2.75) is 51.0 Å². The summed E-state index contributed by atoms with van der Waals surface area (Å²) < 4.78 is 7.68. The van der Waals surface area contributed by atoms with E-state index in [9.17, 15) is 4.79 Å². The van der Waals surface area contributed by atoms with Crippen LogP contribution in [0.15, 0.2) is 18.5 Å². The molecular formula is C19H25N3O2. The SMILES string of the molecule is Cn1cnc2cc3c(cc21)C1CCC3CN(C(=O)OC(C)(C)C)C1. The molecule has 2 bridgehead atoms. The molecule has 3 heterocycles. The Morgan fingerprint density at radius 2 is 1.79 bits per heavy atom. The van der Waals surface area contributed by atoms with Crippen molar-refractivity contribution < 1.29 is 9.53 Å². The largest absolute Gasteiger partial charge is 0.444 e. The molecular weight excluding hydrogens is 302 g/mol. The average Bonchev–Trinajstić information content (AvgIpc) is 2.70. The maximum absolute atomic E-state index is 12.6. The Balaban J connectivity index is 1.69. The molecule has 0 N–H and O–H groups in total. The summed E-state index contributed by atoms with van der Waals surface area (Å²) in [6.45, 7) is 7.26. The first-order chi connectivity index (χ1) is 11.3. The summed E-state index contributed by atoms with van der Waals surface area (Å²) in [6, 6.07) is 4.52. The number of nitrogens with zero attached hydrogens (tertiary/aromatic N) is 3. The van der Waals surface area contributed by atoms with E-state index in [2.05, 4.69) is 21.7 Å². The summed E-state index contributed by atoms with van der Waals surface area (Å²) >= 11 is 0. The van der Waals surface area contributed by atoms with Crippen molar-refractivity contribution in [3.05, 3.63) is 29.6 Å². The second-order valence-corrected chi connectivity index (χ2v) is 8.18. The normalized spacial score (nSPS) is 23.2. The van der Waals surface area contributed by atoms with E-state index in [0.29, 0.717) is 11.8 Å². The summed E-state index contributed by atoms with van der Waals surface area (Å²) in [5.74, 6) is 0.781. The van der Waals surface area contributed by atoms with Crippen molar-refractivity contribution >= 4 is 17.1 Å². The van der Waals surface area contributed by atoms with Crippen molar-refractivity contribution in [1.82, 2.24) is 14.5 Å². The first-order valence-corrected chi connectivity index (χ1v) is 8.74. The molecule has 1 amide bonds. The minimum Gasteiger partial charge on any atom is -0.444 e. The van der Waals surface area contributed by atoms with E-state index < -0.39 is 5.60 Å². The number of carbonyl (C=O) groups excluding carboxylic acids is 1. The highest BCUT2D eigenvalue weighted by Gasteiger charge is 2.37. The van der Waals surface area contributed by atoms with Gasteiger partial charge in [0.2, 0.25) is 0 Å². The standard InChI is InChI=1S/C19H25N3O2/c1-19(2,3)24-18(23)22-9-12-5-6-13(10-22)15-8-17-16(7-14(12)15)20-11-21(17)4/h7-8,11-13H,5-6,9-10H2,1-4H3. The third-order valence-electron chi connectivity index (χ3n) is 5.21. The molecule has 0 spiro atoms. The minimum atomic E-state index is -0.451. The Morgan fingerprint density at radius 1 is 1.17 bits per heavy atom. The van der Waals surface area contributed by atoms with E-state index in [4.69, 9.17) is 4.74 Å². The van der Waals surface area contributed by atoms with Gasteiger partial charge in [-0.05, 0) is 56.9 Å². The molecule has 0 saturated carbocycles. The number of rotatable bonds is 0. The van der Waals surface area contributed by atoms with E-state index in [1.54, 1.807) is 0 Å². The Kier molecular flexibility index (Phi) is 3.37. The lowest BCUT2D eigenvalue weighted by Crippen LogP contribution is -2.38. The van der Waals surface area contributed by atoms with Gasteiger partial charge < -0.3 is 14.2 Å². The van der Waals surface area contributed by atoms with Gasteiger partial charge in [-0.2, -0.15) is 0 Å². The van der Waals surface area contributed by atoms with Crippen molar-refractivity contribution in [1.29, 1.82) is 0 Å². The van der Waals surface area contributed by atoms with Crippen LogP contribution in [0.2, 0.25) is 0 Å². The van der Waals surface area contributed by atoms with Gasteiger partial charge in [0, 0.05) is 32.0 Å². The number of hydrogen-bond acceptors (Lipinski definition) is 3. The van der Waals surface area contributed by atoms with Crippen molar-refractivity contribution in [3.63, 3.8) is 0 Å². The molecule has 2 aliphatic heterocycles. The Hall–Kier alpha value is -2.04. The van der Waals surface area contributed by atoms with Gasteiger partial charge >= 0.3 is 6.09 Å². The van der Waals surface area contributed by atoms with Crippen molar-refractivity contribution in [2.75, 3.05) is 13.1 Å². The van der Waals surface area contributed by atoms with E-state index >= 15 is 0 Å². The number of benzene rings is 1. The Bertz CT molecular complexity index is 803. The van der Waals surface area contributed by atoms with E-state index in [1.807, 2.05) is 39.0 Å². The van der Waals surface area contributed by atoms with Crippen LogP contribution >= 0.6 is 0 Å². The third kappa shape index (κ3) is 2.56. The molecule has 2 unspecified atom stereocenters. The maximum Gasteiger partial charge on any atom is 0.410 e. The fourth-order valence-corrected chi connectivity index (χ4v) is 4.09.